The summed E-state index contributed by atoms with van der Waals surface area (Å²) in [6, 6.07) is 0. The van der Waals surface area contributed by atoms with Gasteiger partial charge in [-0.1, -0.05) is 0 Å². The molecule has 0 saturated carbocycles. The Morgan fingerprint density at radius 2 is 2.00 bits per heavy atom. The molecule has 2 heterocycles. The fraction of sp³-hybridized carbons (Fsp3) is 0.462. The molecule has 3 heteroatoms. The van der Waals surface area contributed by atoms with E-state index >= 15 is 0 Å². The second-order valence-corrected chi connectivity index (χ2v) is 4.37. The smallest absolute Gasteiger partial charge is 0.0945 e. The lowest BCUT2D eigenvalue weighted by Gasteiger charge is -2.07. The van der Waals surface area contributed by atoms with Gasteiger partial charge in [-0.25, -0.2) is 4.98 Å². The van der Waals surface area contributed by atoms with Crippen LogP contribution >= 0.6 is 0 Å². The highest BCUT2D eigenvalue weighted by atomic mass is 15.0. The van der Waals surface area contributed by atoms with Crippen molar-refractivity contribution in [3.05, 3.63) is 41.7 Å². The third-order valence-electron chi connectivity index (χ3n) is 3.29. The average molecular weight is 217 g/mol. The molecule has 0 aliphatic heterocycles. The fourth-order valence-electron chi connectivity index (χ4n) is 2.00. The Balaban J connectivity index is 1.92. The monoisotopic (exact) mass is 217 g/mol. The predicted octanol–water partition coefficient (Wildman–Crippen LogP) is 2.70. The van der Waals surface area contributed by atoms with Crippen molar-refractivity contribution in [3.63, 3.8) is 0 Å². The van der Waals surface area contributed by atoms with Crippen molar-refractivity contribution in [2.45, 2.75) is 40.3 Å². The lowest BCUT2D eigenvalue weighted by molar-refractivity contribution is 0.557. The van der Waals surface area contributed by atoms with E-state index in [1.54, 1.807) is 0 Å². The first kappa shape index (κ1) is 11.0. The van der Waals surface area contributed by atoms with Crippen LogP contribution in [0.5, 0.6) is 0 Å². The summed E-state index contributed by atoms with van der Waals surface area (Å²) < 4.78 is 4.47. The van der Waals surface area contributed by atoms with Crippen LogP contribution < -0.4 is 0 Å². The molecule has 0 N–H and O–H groups in total. The molecule has 0 bridgehead atoms. The van der Waals surface area contributed by atoms with Gasteiger partial charge in [0.25, 0.3) is 0 Å². The third kappa shape index (κ3) is 2.18. The Morgan fingerprint density at radius 3 is 2.56 bits per heavy atom. The van der Waals surface area contributed by atoms with Crippen LogP contribution in [0.25, 0.3) is 0 Å². The zero-order valence-corrected chi connectivity index (χ0v) is 10.3. The second kappa shape index (κ2) is 4.56. The topological polar surface area (TPSA) is 22.8 Å². The largest absolute Gasteiger partial charge is 0.351 e. The highest BCUT2D eigenvalue weighted by Gasteiger charge is 2.04. The second-order valence-electron chi connectivity index (χ2n) is 4.37. The van der Waals surface area contributed by atoms with Crippen molar-refractivity contribution in [2.75, 3.05) is 0 Å². The summed E-state index contributed by atoms with van der Waals surface area (Å²) in [6.07, 6.45) is 9.11. The van der Waals surface area contributed by atoms with E-state index in [0.717, 1.165) is 19.5 Å². The van der Waals surface area contributed by atoms with Crippen LogP contribution in [0.2, 0.25) is 0 Å². The van der Waals surface area contributed by atoms with Crippen LogP contribution in [0.15, 0.2) is 24.9 Å². The first-order valence-electron chi connectivity index (χ1n) is 5.77. The highest BCUT2D eigenvalue weighted by molar-refractivity contribution is 5.28. The van der Waals surface area contributed by atoms with E-state index in [1.165, 1.54) is 16.8 Å². The Bertz CT molecular complexity index is 452. The number of rotatable bonds is 4. The van der Waals surface area contributed by atoms with Crippen LogP contribution in [-0.4, -0.2) is 14.1 Å². The van der Waals surface area contributed by atoms with Crippen LogP contribution in [-0.2, 0) is 13.1 Å². The molecule has 16 heavy (non-hydrogen) atoms. The maximum absolute atomic E-state index is 4.04. The first-order chi connectivity index (χ1) is 7.68. The van der Waals surface area contributed by atoms with Crippen molar-refractivity contribution in [1.82, 2.24) is 14.1 Å². The van der Waals surface area contributed by atoms with Gasteiger partial charge in [-0.3, -0.25) is 0 Å². The van der Waals surface area contributed by atoms with Crippen LogP contribution in [0.3, 0.4) is 0 Å². The zero-order chi connectivity index (χ0) is 11.5. The molecule has 0 unspecified atom stereocenters. The number of hydrogen-bond donors (Lipinski definition) is 0. The maximum Gasteiger partial charge on any atom is 0.0945 e. The molecule has 0 fully saturated rings. The summed E-state index contributed by atoms with van der Waals surface area (Å²) in [5, 5.41) is 0. The summed E-state index contributed by atoms with van der Waals surface area (Å²) >= 11 is 0. The van der Waals surface area contributed by atoms with Crippen molar-refractivity contribution < 1.29 is 0 Å². The lowest BCUT2D eigenvalue weighted by atomic mass is 10.2. The minimum atomic E-state index is 1.04. The highest BCUT2D eigenvalue weighted by Crippen LogP contribution is 2.14. The maximum atomic E-state index is 4.04. The minimum Gasteiger partial charge on any atom is -0.351 e. The normalized spacial score (nSPS) is 10.9. The van der Waals surface area contributed by atoms with E-state index in [0.29, 0.717) is 0 Å². The van der Waals surface area contributed by atoms with E-state index in [2.05, 4.69) is 41.1 Å². The van der Waals surface area contributed by atoms with Gasteiger partial charge in [0.05, 0.1) is 6.33 Å². The number of aryl methyl sites for hydroxylation is 3. The van der Waals surface area contributed by atoms with Gasteiger partial charge in [0.2, 0.25) is 0 Å². The summed E-state index contributed by atoms with van der Waals surface area (Å²) in [5.41, 5.74) is 4.20. The van der Waals surface area contributed by atoms with E-state index in [9.17, 15) is 0 Å². The Kier molecular flexibility index (Phi) is 3.13. The van der Waals surface area contributed by atoms with E-state index in [1.807, 2.05) is 18.7 Å². The molecule has 3 nitrogen and oxygen atoms in total. The van der Waals surface area contributed by atoms with Gasteiger partial charge in [0, 0.05) is 37.4 Å². The molecule has 0 aliphatic carbocycles. The fourth-order valence-corrected chi connectivity index (χ4v) is 2.00. The van der Waals surface area contributed by atoms with Gasteiger partial charge in [-0.2, -0.15) is 0 Å². The van der Waals surface area contributed by atoms with Gasteiger partial charge in [-0.05, 0) is 38.3 Å². The first-order valence-corrected chi connectivity index (χ1v) is 5.77. The molecular weight excluding hydrogens is 198 g/mol. The van der Waals surface area contributed by atoms with Crippen LogP contribution in [0, 0.1) is 20.8 Å². The molecule has 2 aromatic heterocycles. The zero-order valence-electron chi connectivity index (χ0n) is 10.3. The minimum absolute atomic E-state index is 1.04. The van der Waals surface area contributed by atoms with Crippen LogP contribution in [0.4, 0.5) is 0 Å². The van der Waals surface area contributed by atoms with Crippen molar-refractivity contribution in [3.8, 4) is 0 Å². The van der Waals surface area contributed by atoms with Crippen molar-refractivity contribution in [2.24, 2.45) is 0 Å². The summed E-state index contributed by atoms with van der Waals surface area (Å²) in [6.45, 7) is 8.68. The Morgan fingerprint density at radius 1 is 1.19 bits per heavy atom. The van der Waals surface area contributed by atoms with E-state index in [4.69, 9.17) is 0 Å². The number of nitrogens with zero attached hydrogens (tertiary/aromatic N) is 3. The molecule has 0 amide bonds. The Hall–Kier alpha value is -1.51. The van der Waals surface area contributed by atoms with Gasteiger partial charge in [-0.15, -0.1) is 0 Å². The summed E-state index contributed by atoms with van der Waals surface area (Å²) in [7, 11) is 0. The molecule has 0 spiro atoms. The third-order valence-corrected chi connectivity index (χ3v) is 3.29. The number of imidazole rings is 1. The molecule has 2 rings (SSSR count). The van der Waals surface area contributed by atoms with Crippen molar-refractivity contribution >= 4 is 0 Å². The van der Waals surface area contributed by atoms with Gasteiger partial charge in [0.1, 0.15) is 0 Å². The average Bonchev–Trinajstić information content (AvgIpc) is 2.85. The molecule has 0 atom stereocenters. The molecule has 0 radical (unpaired) electrons. The summed E-state index contributed by atoms with van der Waals surface area (Å²) in [4.78, 5) is 4.04. The number of hydrogen-bond acceptors (Lipinski definition) is 1. The van der Waals surface area contributed by atoms with E-state index in [-0.39, 0.29) is 0 Å². The SMILES string of the molecule is Cc1cn(CCCn2ccnc2)c(C)c1C. The molecule has 0 saturated heterocycles. The van der Waals surface area contributed by atoms with Gasteiger partial charge >= 0.3 is 0 Å². The molecule has 0 aromatic carbocycles. The molecular formula is C13H19N3. The molecule has 0 aliphatic rings. The quantitative estimate of drug-likeness (QED) is 0.772. The van der Waals surface area contributed by atoms with Crippen molar-refractivity contribution in [1.29, 1.82) is 0 Å². The molecule has 86 valence electrons. The summed E-state index contributed by atoms with van der Waals surface area (Å²) in [5.74, 6) is 0. The van der Waals surface area contributed by atoms with Gasteiger partial charge < -0.3 is 9.13 Å². The standard InChI is InChI=1S/C13H19N3/c1-11-9-16(13(3)12(11)2)7-4-6-15-8-5-14-10-15/h5,8-10H,4,6-7H2,1-3H3. The van der Waals surface area contributed by atoms with E-state index < -0.39 is 0 Å². The number of aromatic nitrogens is 3. The Labute approximate surface area is 96.7 Å². The van der Waals surface area contributed by atoms with Gasteiger partial charge in [0.15, 0.2) is 0 Å². The van der Waals surface area contributed by atoms with Crippen LogP contribution in [0.1, 0.15) is 23.2 Å². The lowest BCUT2D eigenvalue weighted by Crippen LogP contribution is -2.03. The predicted molar refractivity (Wildman–Crippen MR) is 65.5 cm³/mol. The molecule has 2 aromatic rings.